The predicted molar refractivity (Wildman–Crippen MR) is 115 cm³/mol. The van der Waals surface area contributed by atoms with E-state index in [0.29, 0.717) is 6.42 Å². The van der Waals surface area contributed by atoms with Crippen molar-refractivity contribution in [1.82, 2.24) is 0 Å². The van der Waals surface area contributed by atoms with Gasteiger partial charge in [-0.05, 0) is 43.2 Å². The van der Waals surface area contributed by atoms with Gasteiger partial charge in [0.15, 0.2) is 0 Å². The smallest absolute Gasteiger partial charge is 0.332 e. The zero-order chi connectivity index (χ0) is 22.2. The number of esters is 2. The number of fused-ring (bicyclic) bond motifs is 4. The van der Waals surface area contributed by atoms with Crippen molar-refractivity contribution in [2.45, 2.75) is 69.9 Å². The Labute approximate surface area is 183 Å². The number of carbonyl (C=O) groups is 2. The van der Waals surface area contributed by atoms with Gasteiger partial charge in [0, 0.05) is 18.4 Å². The highest BCUT2D eigenvalue weighted by Gasteiger charge is 2.71. The molecule has 2 heterocycles. The topological polar surface area (TPSA) is 82.1 Å². The summed E-state index contributed by atoms with van der Waals surface area (Å²) in [6.07, 6.45) is 5.74. The molecular formula is C25H32O6. The van der Waals surface area contributed by atoms with Gasteiger partial charge in [0.25, 0.3) is 0 Å². The highest BCUT2D eigenvalue weighted by molar-refractivity contribution is 5.87. The molecule has 1 aliphatic carbocycles. The molecule has 3 fully saturated rings. The maximum absolute atomic E-state index is 12.8. The second-order valence-electron chi connectivity index (χ2n) is 9.54. The maximum atomic E-state index is 12.8. The molecule has 6 atom stereocenters. The molecule has 0 aromatic heterocycles. The molecule has 1 N–H and O–H groups in total. The van der Waals surface area contributed by atoms with Gasteiger partial charge in [-0.2, -0.15) is 0 Å². The van der Waals surface area contributed by atoms with Crippen molar-refractivity contribution in [3.05, 3.63) is 42.0 Å². The molecule has 0 spiro atoms. The third-order valence-corrected chi connectivity index (χ3v) is 7.56. The molecule has 0 unspecified atom stereocenters. The number of aliphatic hydroxyl groups is 1. The van der Waals surface area contributed by atoms with Crippen LogP contribution in [0, 0.1) is 17.8 Å². The zero-order valence-electron chi connectivity index (χ0n) is 18.5. The van der Waals surface area contributed by atoms with Crippen molar-refractivity contribution in [3.63, 3.8) is 0 Å². The molecular weight excluding hydrogens is 396 g/mol. The first kappa shape index (κ1) is 22.0. The Morgan fingerprint density at radius 2 is 1.97 bits per heavy atom. The largest absolute Gasteiger partial charge is 0.457 e. The van der Waals surface area contributed by atoms with Gasteiger partial charge in [0.05, 0.1) is 0 Å². The van der Waals surface area contributed by atoms with Crippen LogP contribution in [0.4, 0.5) is 0 Å². The Kier molecular flexibility index (Phi) is 5.97. The molecule has 2 bridgehead atoms. The van der Waals surface area contributed by atoms with E-state index >= 15 is 0 Å². The minimum Gasteiger partial charge on any atom is -0.457 e. The van der Waals surface area contributed by atoms with Crippen molar-refractivity contribution >= 4 is 18.0 Å². The Morgan fingerprint density at radius 1 is 1.23 bits per heavy atom. The lowest BCUT2D eigenvalue weighted by Crippen LogP contribution is -2.61. The average Bonchev–Trinajstić information content (AvgIpc) is 3.34. The summed E-state index contributed by atoms with van der Waals surface area (Å²) >= 11 is 0. The maximum Gasteiger partial charge on any atom is 0.332 e. The van der Waals surface area contributed by atoms with Crippen LogP contribution in [0.5, 0.6) is 0 Å². The number of hydrogen-bond acceptors (Lipinski definition) is 6. The summed E-state index contributed by atoms with van der Waals surface area (Å²) in [5.41, 5.74) is -0.434. The van der Waals surface area contributed by atoms with Crippen molar-refractivity contribution < 1.29 is 28.9 Å². The Morgan fingerprint density at radius 3 is 2.65 bits per heavy atom. The summed E-state index contributed by atoms with van der Waals surface area (Å²) < 4.78 is 18.5. The molecule has 6 heteroatoms. The summed E-state index contributed by atoms with van der Waals surface area (Å²) in [6, 6.07) is 9.63. The van der Waals surface area contributed by atoms with Crippen LogP contribution < -0.4 is 0 Å². The Balaban J connectivity index is 1.62. The van der Waals surface area contributed by atoms with E-state index < -0.39 is 36.0 Å². The first-order valence-corrected chi connectivity index (χ1v) is 11.2. The van der Waals surface area contributed by atoms with Crippen molar-refractivity contribution in [1.29, 1.82) is 0 Å². The monoisotopic (exact) mass is 428 g/mol. The van der Waals surface area contributed by atoms with Crippen molar-refractivity contribution in [3.8, 4) is 0 Å². The number of hydrogen-bond donors (Lipinski definition) is 1. The van der Waals surface area contributed by atoms with Crippen LogP contribution >= 0.6 is 0 Å². The lowest BCUT2D eigenvalue weighted by Gasteiger charge is -2.52. The van der Waals surface area contributed by atoms with Crippen LogP contribution in [-0.2, 0) is 23.8 Å². The summed E-state index contributed by atoms with van der Waals surface area (Å²) in [5, 5.41) is 9.21. The molecule has 3 aliphatic rings. The van der Waals surface area contributed by atoms with E-state index in [9.17, 15) is 14.7 Å². The third-order valence-electron chi connectivity index (χ3n) is 7.56. The number of aliphatic hydroxyl groups excluding tert-OH is 1. The fourth-order valence-electron chi connectivity index (χ4n) is 6.04. The predicted octanol–water partition coefficient (Wildman–Crippen LogP) is 3.52. The normalized spacial score (nSPS) is 36.5. The van der Waals surface area contributed by atoms with E-state index in [-0.39, 0.29) is 23.7 Å². The Hall–Kier alpha value is -2.18. The van der Waals surface area contributed by atoms with E-state index in [2.05, 4.69) is 13.8 Å². The van der Waals surface area contributed by atoms with Gasteiger partial charge in [-0.15, -0.1) is 0 Å². The second-order valence-corrected chi connectivity index (χ2v) is 9.54. The van der Waals surface area contributed by atoms with Crippen LogP contribution in [-0.4, -0.2) is 47.1 Å². The van der Waals surface area contributed by atoms with Crippen LogP contribution in [0.25, 0.3) is 6.08 Å². The highest BCUT2D eigenvalue weighted by Crippen LogP contribution is 2.61. The number of carbonyl (C=O) groups excluding carboxylic acids is 2. The van der Waals surface area contributed by atoms with Crippen molar-refractivity contribution in [2.24, 2.45) is 17.8 Å². The molecule has 168 valence electrons. The molecule has 1 aromatic carbocycles. The first-order chi connectivity index (χ1) is 14.8. The van der Waals surface area contributed by atoms with Gasteiger partial charge in [0.2, 0.25) is 0 Å². The molecule has 4 rings (SSSR count). The lowest BCUT2D eigenvalue weighted by atomic mass is 9.71. The number of benzene rings is 1. The van der Waals surface area contributed by atoms with Gasteiger partial charge >= 0.3 is 11.9 Å². The fourth-order valence-corrected chi connectivity index (χ4v) is 6.04. The molecule has 1 saturated carbocycles. The molecule has 1 aromatic rings. The van der Waals surface area contributed by atoms with Crippen molar-refractivity contribution in [2.75, 3.05) is 6.61 Å². The molecule has 2 saturated heterocycles. The summed E-state index contributed by atoms with van der Waals surface area (Å²) in [4.78, 5) is 24.7. The molecule has 6 nitrogen and oxygen atoms in total. The molecule has 2 aliphatic heterocycles. The molecule has 0 amide bonds. The quantitative estimate of drug-likeness (QED) is 0.552. The summed E-state index contributed by atoms with van der Waals surface area (Å²) in [6.45, 7) is 5.49. The van der Waals surface area contributed by atoms with Gasteiger partial charge < -0.3 is 19.3 Å². The Bertz CT molecular complexity index is 849. The van der Waals surface area contributed by atoms with Crippen LogP contribution in [0.3, 0.4) is 0 Å². The van der Waals surface area contributed by atoms with E-state index in [1.807, 2.05) is 37.3 Å². The average molecular weight is 429 g/mol. The van der Waals surface area contributed by atoms with E-state index in [1.54, 1.807) is 6.08 Å². The van der Waals surface area contributed by atoms with Gasteiger partial charge in [-0.1, -0.05) is 50.6 Å². The minimum absolute atomic E-state index is 0.0575. The SMILES string of the molecule is CC(C)[C@]12C[C@@H](OC(=O)CO)[C@](C)(O1)[C@@H]1CCC[C@H]1[C@@H]2OC(=O)/C=C/c1ccccc1. The van der Waals surface area contributed by atoms with E-state index in [4.69, 9.17) is 14.2 Å². The minimum atomic E-state index is -0.725. The zero-order valence-corrected chi connectivity index (χ0v) is 18.5. The summed E-state index contributed by atoms with van der Waals surface area (Å²) in [7, 11) is 0. The number of ether oxygens (including phenoxy) is 3. The van der Waals surface area contributed by atoms with E-state index in [0.717, 1.165) is 24.8 Å². The number of rotatable bonds is 6. The van der Waals surface area contributed by atoms with E-state index in [1.165, 1.54) is 6.08 Å². The molecule has 31 heavy (non-hydrogen) atoms. The summed E-state index contributed by atoms with van der Waals surface area (Å²) in [5.74, 6) is -0.679. The van der Waals surface area contributed by atoms with Crippen LogP contribution in [0.15, 0.2) is 36.4 Å². The second kappa shape index (κ2) is 8.40. The lowest BCUT2D eigenvalue weighted by molar-refractivity contribution is -0.261. The molecule has 0 radical (unpaired) electrons. The first-order valence-electron chi connectivity index (χ1n) is 11.2. The van der Waals surface area contributed by atoms with Crippen LogP contribution in [0.1, 0.15) is 52.0 Å². The fraction of sp³-hybridized carbons (Fsp3) is 0.600. The van der Waals surface area contributed by atoms with Gasteiger partial charge in [0.1, 0.15) is 30.0 Å². The van der Waals surface area contributed by atoms with Gasteiger partial charge in [-0.25, -0.2) is 9.59 Å². The standard InChI is InChI=1S/C25H32O6/c1-16(2)25-14-20(29-22(28)15-26)24(3,31-25)19-11-7-10-18(19)23(25)30-21(27)13-12-17-8-5-4-6-9-17/h4-6,8-9,12-13,16,18-20,23,26H,7,10-11,14-15H2,1-3H3/b13-12+/t18-,19-,20-,23+,24-,25+/m1/s1. The third kappa shape index (κ3) is 3.80. The highest BCUT2D eigenvalue weighted by atomic mass is 16.6. The van der Waals surface area contributed by atoms with Gasteiger partial charge in [-0.3, -0.25) is 0 Å². The van der Waals surface area contributed by atoms with Crippen LogP contribution in [0.2, 0.25) is 0 Å².